The first-order chi connectivity index (χ1) is 12.5. The zero-order valence-electron chi connectivity index (χ0n) is 16.2. The minimum Gasteiger partial charge on any atom is -0.493 e. The molecule has 1 heterocycles. The zero-order valence-corrected chi connectivity index (χ0v) is 17.9. The van der Waals surface area contributed by atoms with Crippen LogP contribution in [0.4, 0.5) is 0 Å². The number of thiazole rings is 1. The Labute approximate surface area is 171 Å². The number of carbonyl (C=O) groups excluding carboxylic acids is 1. The predicted octanol–water partition coefficient (Wildman–Crippen LogP) is 3.38. The van der Waals surface area contributed by atoms with Crippen LogP contribution in [0.5, 0.6) is 11.5 Å². The smallest absolute Gasteiger partial charge is 0.273 e. The lowest BCUT2D eigenvalue weighted by Crippen LogP contribution is -2.36. The van der Waals surface area contributed by atoms with Crippen LogP contribution < -0.4 is 15.2 Å². The van der Waals surface area contributed by atoms with Gasteiger partial charge in [0.2, 0.25) is 0 Å². The Morgan fingerprint density at radius 2 is 1.96 bits per heavy atom. The number of hydrogen-bond acceptors (Lipinski definition) is 6. The van der Waals surface area contributed by atoms with Gasteiger partial charge in [-0.05, 0) is 30.0 Å². The van der Waals surface area contributed by atoms with Crippen molar-refractivity contribution in [3.63, 3.8) is 0 Å². The molecule has 1 amide bonds. The second kappa shape index (κ2) is 11.1. The molecule has 1 aromatic carbocycles. The zero-order chi connectivity index (χ0) is 19.1. The highest BCUT2D eigenvalue weighted by atomic mass is 35.5. The van der Waals surface area contributed by atoms with Gasteiger partial charge in [-0.3, -0.25) is 4.79 Å². The Balaban J connectivity index is 0.00000364. The lowest BCUT2D eigenvalue weighted by Gasteiger charge is -2.24. The number of methoxy groups -OCH3 is 2. The van der Waals surface area contributed by atoms with Gasteiger partial charge in [-0.25, -0.2) is 4.98 Å². The number of benzene rings is 1. The standard InChI is InChI=1S/C19H27N3O3S.ClH/c1-13(2)11-22(19(23)15-12-26-18(10-20)21-15)8-7-14-5-6-16(24-3)17(9-14)25-4;/h5-6,9,12-13H,7-8,10-11,20H2,1-4H3;1H. The number of ether oxygens (including phenoxy) is 2. The Bertz CT molecular complexity index is 737. The van der Waals surface area contributed by atoms with Crippen LogP contribution in [0.15, 0.2) is 23.6 Å². The molecule has 2 rings (SSSR count). The normalized spacial score (nSPS) is 10.4. The Kier molecular flexibility index (Phi) is 9.55. The fraction of sp³-hybridized carbons (Fsp3) is 0.474. The van der Waals surface area contributed by atoms with Crippen molar-refractivity contribution in [1.82, 2.24) is 9.88 Å². The van der Waals surface area contributed by atoms with Crippen LogP contribution in [-0.4, -0.2) is 43.1 Å². The number of rotatable bonds is 9. The van der Waals surface area contributed by atoms with Gasteiger partial charge in [-0.2, -0.15) is 0 Å². The number of carbonyl (C=O) groups is 1. The van der Waals surface area contributed by atoms with E-state index in [1.165, 1.54) is 11.3 Å². The number of amides is 1. The van der Waals surface area contributed by atoms with E-state index in [-0.39, 0.29) is 18.3 Å². The quantitative estimate of drug-likeness (QED) is 0.681. The van der Waals surface area contributed by atoms with E-state index >= 15 is 0 Å². The predicted molar refractivity (Wildman–Crippen MR) is 111 cm³/mol. The van der Waals surface area contributed by atoms with Crippen molar-refractivity contribution in [1.29, 1.82) is 0 Å². The van der Waals surface area contributed by atoms with E-state index in [4.69, 9.17) is 15.2 Å². The maximum Gasteiger partial charge on any atom is 0.273 e. The Morgan fingerprint density at radius 1 is 1.26 bits per heavy atom. The van der Waals surface area contributed by atoms with Gasteiger partial charge in [0, 0.05) is 25.0 Å². The number of nitrogens with two attached hydrogens (primary N) is 1. The van der Waals surface area contributed by atoms with E-state index < -0.39 is 0 Å². The molecule has 0 saturated carbocycles. The molecule has 0 aliphatic heterocycles. The second-order valence-electron chi connectivity index (χ2n) is 6.41. The molecule has 0 fully saturated rings. The van der Waals surface area contributed by atoms with E-state index in [1.807, 2.05) is 23.1 Å². The molecule has 0 aliphatic carbocycles. The van der Waals surface area contributed by atoms with Crippen LogP contribution in [0.25, 0.3) is 0 Å². The average molecular weight is 414 g/mol. The fourth-order valence-corrected chi connectivity index (χ4v) is 3.33. The number of halogens is 1. The van der Waals surface area contributed by atoms with Crippen molar-refractivity contribution in [3.05, 3.63) is 39.8 Å². The molecule has 0 bridgehead atoms. The minimum atomic E-state index is -0.0462. The van der Waals surface area contributed by atoms with Crippen molar-refractivity contribution in [2.24, 2.45) is 11.7 Å². The lowest BCUT2D eigenvalue weighted by atomic mass is 10.1. The molecule has 0 atom stereocenters. The van der Waals surface area contributed by atoms with Crippen molar-refractivity contribution >= 4 is 29.7 Å². The van der Waals surface area contributed by atoms with Crippen molar-refractivity contribution < 1.29 is 14.3 Å². The molecule has 0 spiro atoms. The van der Waals surface area contributed by atoms with Gasteiger partial charge in [-0.1, -0.05) is 19.9 Å². The van der Waals surface area contributed by atoms with Gasteiger partial charge in [0.1, 0.15) is 10.7 Å². The summed E-state index contributed by atoms with van der Waals surface area (Å²) in [6.07, 6.45) is 0.729. The van der Waals surface area contributed by atoms with Gasteiger partial charge in [0.05, 0.1) is 14.2 Å². The lowest BCUT2D eigenvalue weighted by molar-refractivity contribution is 0.0733. The van der Waals surface area contributed by atoms with Gasteiger partial charge >= 0.3 is 0 Å². The SMILES string of the molecule is COc1ccc(CCN(CC(C)C)C(=O)c2csc(CN)n2)cc1OC.Cl. The molecular weight excluding hydrogens is 386 g/mol. The van der Waals surface area contributed by atoms with E-state index in [0.29, 0.717) is 42.7 Å². The molecule has 0 saturated heterocycles. The first kappa shape index (κ1) is 23.2. The van der Waals surface area contributed by atoms with Crippen LogP contribution in [0.2, 0.25) is 0 Å². The Hall–Kier alpha value is -1.83. The largest absolute Gasteiger partial charge is 0.493 e. The molecule has 2 N–H and O–H groups in total. The first-order valence-corrected chi connectivity index (χ1v) is 9.51. The van der Waals surface area contributed by atoms with Crippen molar-refractivity contribution in [2.75, 3.05) is 27.3 Å². The third-order valence-corrected chi connectivity index (χ3v) is 4.81. The summed E-state index contributed by atoms with van der Waals surface area (Å²) in [5, 5.41) is 2.56. The molecule has 0 aliphatic rings. The van der Waals surface area contributed by atoms with E-state index in [1.54, 1.807) is 19.6 Å². The molecule has 6 nitrogen and oxygen atoms in total. The van der Waals surface area contributed by atoms with Crippen molar-refractivity contribution in [3.8, 4) is 11.5 Å². The van der Waals surface area contributed by atoms with Gasteiger partial charge in [0.25, 0.3) is 5.91 Å². The first-order valence-electron chi connectivity index (χ1n) is 8.63. The summed E-state index contributed by atoms with van der Waals surface area (Å²) in [4.78, 5) is 19.0. The summed E-state index contributed by atoms with van der Waals surface area (Å²) < 4.78 is 10.6. The minimum absolute atomic E-state index is 0. The summed E-state index contributed by atoms with van der Waals surface area (Å²) >= 11 is 1.42. The van der Waals surface area contributed by atoms with Crippen LogP contribution in [0, 0.1) is 5.92 Å². The van der Waals surface area contributed by atoms with Crippen LogP contribution in [0.1, 0.15) is 34.9 Å². The molecule has 8 heteroatoms. The highest BCUT2D eigenvalue weighted by molar-refractivity contribution is 7.09. The van der Waals surface area contributed by atoms with E-state index in [9.17, 15) is 4.79 Å². The van der Waals surface area contributed by atoms with Gasteiger partial charge < -0.3 is 20.1 Å². The van der Waals surface area contributed by atoms with E-state index in [2.05, 4.69) is 18.8 Å². The topological polar surface area (TPSA) is 77.7 Å². The third-order valence-electron chi connectivity index (χ3n) is 3.94. The third kappa shape index (κ3) is 6.37. The fourth-order valence-electron chi connectivity index (χ4n) is 2.68. The van der Waals surface area contributed by atoms with Gasteiger partial charge in [-0.15, -0.1) is 23.7 Å². The molecule has 2 aromatic rings. The Morgan fingerprint density at radius 3 is 2.52 bits per heavy atom. The second-order valence-corrected chi connectivity index (χ2v) is 7.36. The van der Waals surface area contributed by atoms with Crippen molar-refractivity contribution in [2.45, 2.75) is 26.8 Å². The number of aromatic nitrogens is 1. The van der Waals surface area contributed by atoms with E-state index in [0.717, 1.165) is 17.0 Å². The summed E-state index contributed by atoms with van der Waals surface area (Å²) in [6.45, 7) is 5.85. The summed E-state index contributed by atoms with van der Waals surface area (Å²) in [6, 6.07) is 5.83. The summed E-state index contributed by atoms with van der Waals surface area (Å²) in [7, 11) is 3.23. The average Bonchev–Trinajstić information content (AvgIpc) is 3.13. The van der Waals surface area contributed by atoms with Crippen LogP contribution >= 0.6 is 23.7 Å². The molecule has 150 valence electrons. The van der Waals surface area contributed by atoms with Gasteiger partial charge in [0.15, 0.2) is 11.5 Å². The molecule has 1 aromatic heterocycles. The molecule has 0 radical (unpaired) electrons. The van der Waals surface area contributed by atoms with Crippen LogP contribution in [-0.2, 0) is 13.0 Å². The maximum absolute atomic E-state index is 12.8. The highest BCUT2D eigenvalue weighted by Gasteiger charge is 2.19. The molecular formula is C19H28ClN3O3S. The number of nitrogens with zero attached hydrogens (tertiary/aromatic N) is 2. The monoisotopic (exact) mass is 413 g/mol. The highest BCUT2D eigenvalue weighted by Crippen LogP contribution is 2.27. The summed E-state index contributed by atoms with van der Waals surface area (Å²) in [5.41, 5.74) is 7.17. The molecule has 27 heavy (non-hydrogen) atoms. The summed E-state index contributed by atoms with van der Waals surface area (Å²) in [5.74, 6) is 1.72. The molecule has 0 unspecified atom stereocenters. The number of hydrogen-bond donors (Lipinski definition) is 1. The maximum atomic E-state index is 12.8. The van der Waals surface area contributed by atoms with Crippen LogP contribution in [0.3, 0.4) is 0 Å².